The normalized spacial score (nSPS) is 22.9. The van der Waals surface area contributed by atoms with Crippen molar-refractivity contribution in [1.82, 2.24) is 0 Å². The first-order chi connectivity index (χ1) is 14.5. The average molecular weight is 419 g/mol. The van der Waals surface area contributed by atoms with Crippen molar-refractivity contribution in [2.75, 3.05) is 0 Å². The van der Waals surface area contributed by atoms with Crippen LogP contribution in [0.25, 0.3) is 11.3 Å². The number of nitrogens with zero attached hydrogens (tertiary/aromatic N) is 1. The lowest BCUT2D eigenvalue weighted by atomic mass is 9.63. The molecule has 2 aliphatic rings. The maximum Gasteiger partial charge on any atom is 0.212 e. The van der Waals surface area contributed by atoms with Crippen LogP contribution in [0, 0.1) is 17.8 Å². The molecule has 2 aromatic rings. The van der Waals surface area contributed by atoms with Gasteiger partial charge in [0.2, 0.25) is 5.69 Å². The Bertz CT molecular complexity index is 929. The minimum Gasteiger partial charge on any atom is -0.201 e. The SMILES string of the molecule is Cc1cc(C2(C)CCC(C)(C)CC2)ccc1-c1ccc(C2CCC(C)(C)CC2)c[n+]1C. The Morgan fingerprint density at radius 2 is 1.39 bits per heavy atom. The monoisotopic (exact) mass is 418 g/mol. The number of hydrogen-bond donors (Lipinski definition) is 0. The molecule has 1 aromatic carbocycles. The molecule has 0 spiro atoms. The molecule has 2 aliphatic carbocycles. The molecule has 0 bridgehead atoms. The van der Waals surface area contributed by atoms with Gasteiger partial charge in [0.1, 0.15) is 7.05 Å². The van der Waals surface area contributed by atoms with Crippen LogP contribution < -0.4 is 4.57 Å². The maximum atomic E-state index is 2.48. The van der Waals surface area contributed by atoms with Crippen LogP contribution in [-0.2, 0) is 12.5 Å². The number of aryl methyl sites for hydroxylation is 2. The molecule has 31 heavy (non-hydrogen) atoms. The summed E-state index contributed by atoms with van der Waals surface area (Å²) in [5.74, 6) is 0.729. The Kier molecular flexibility index (Phi) is 5.86. The predicted molar refractivity (Wildman–Crippen MR) is 132 cm³/mol. The lowest BCUT2D eigenvalue weighted by Gasteiger charge is -2.42. The zero-order chi connectivity index (χ0) is 22.4. The number of benzene rings is 1. The molecule has 0 radical (unpaired) electrons. The first-order valence-corrected chi connectivity index (χ1v) is 12.6. The highest BCUT2D eigenvalue weighted by molar-refractivity contribution is 5.62. The summed E-state index contributed by atoms with van der Waals surface area (Å²) in [7, 11) is 2.23. The molecule has 1 heterocycles. The van der Waals surface area contributed by atoms with Crippen LogP contribution in [0.4, 0.5) is 0 Å². The fraction of sp³-hybridized carbons (Fsp3) is 0.633. The molecule has 0 amide bonds. The molecule has 0 unspecified atom stereocenters. The Morgan fingerprint density at radius 3 is 1.97 bits per heavy atom. The van der Waals surface area contributed by atoms with Gasteiger partial charge in [-0.15, -0.1) is 0 Å². The number of pyridine rings is 1. The third-order valence-corrected chi connectivity index (χ3v) is 8.87. The predicted octanol–water partition coefficient (Wildman–Crippen LogP) is 8.03. The first-order valence-electron chi connectivity index (χ1n) is 12.6. The Morgan fingerprint density at radius 1 is 0.774 bits per heavy atom. The van der Waals surface area contributed by atoms with E-state index in [0.29, 0.717) is 16.2 Å². The number of aromatic nitrogens is 1. The Labute approximate surface area is 191 Å². The van der Waals surface area contributed by atoms with Gasteiger partial charge in [-0.05, 0) is 104 Å². The minimum absolute atomic E-state index is 0.333. The summed E-state index contributed by atoms with van der Waals surface area (Å²) in [4.78, 5) is 0. The highest BCUT2D eigenvalue weighted by atomic mass is 14.9. The van der Waals surface area contributed by atoms with E-state index in [1.54, 1.807) is 0 Å². The van der Waals surface area contributed by atoms with Crippen molar-refractivity contribution >= 4 is 0 Å². The summed E-state index contributed by atoms with van der Waals surface area (Å²) in [6, 6.07) is 12.0. The first kappa shape index (κ1) is 22.6. The van der Waals surface area contributed by atoms with Gasteiger partial charge in [-0.3, -0.25) is 0 Å². The zero-order valence-corrected chi connectivity index (χ0v) is 21.1. The van der Waals surface area contributed by atoms with Crippen LogP contribution in [0.1, 0.15) is 109 Å². The van der Waals surface area contributed by atoms with Crippen molar-refractivity contribution in [2.45, 2.75) is 104 Å². The van der Waals surface area contributed by atoms with Gasteiger partial charge in [-0.1, -0.05) is 46.8 Å². The molecule has 1 aromatic heterocycles. The van der Waals surface area contributed by atoms with E-state index in [0.717, 1.165) is 5.92 Å². The number of rotatable bonds is 3. The van der Waals surface area contributed by atoms with Crippen LogP contribution in [0.2, 0.25) is 0 Å². The quantitative estimate of drug-likeness (QED) is 0.444. The lowest BCUT2D eigenvalue weighted by Crippen LogP contribution is -2.33. The summed E-state index contributed by atoms with van der Waals surface area (Å²) in [5.41, 5.74) is 8.55. The van der Waals surface area contributed by atoms with Gasteiger partial charge in [0, 0.05) is 17.2 Å². The molecule has 0 N–H and O–H groups in total. The second kappa shape index (κ2) is 8.05. The standard InChI is InChI=1S/C30H44N/c1-22-20-25(30(6)18-16-29(4,5)17-19-30)9-10-26(22)27-11-8-24(21-31(27)7)23-12-14-28(2,3)15-13-23/h8-11,20-21,23H,12-19H2,1-7H3/q+1. The Hall–Kier alpha value is -1.63. The van der Waals surface area contributed by atoms with Crippen LogP contribution >= 0.6 is 0 Å². The third-order valence-electron chi connectivity index (χ3n) is 8.87. The molecule has 1 heteroatoms. The second-order valence-corrected chi connectivity index (χ2v) is 12.7. The van der Waals surface area contributed by atoms with Crippen LogP contribution in [0.5, 0.6) is 0 Å². The average Bonchev–Trinajstić information content (AvgIpc) is 2.71. The second-order valence-electron chi connectivity index (χ2n) is 12.7. The smallest absolute Gasteiger partial charge is 0.201 e. The summed E-state index contributed by atoms with van der Waals surface area (Å²) < 4.78 is 2.36. The Balaban J connectivity index is 1.55. The van der Waals surface area contributed by atoms with Gasteiger partial charge in [0.05, 0.1) is 0 Å². The molecule has 0 aliphatic heterocycles. The fourth-order valence-electron chi connectivity index (χ4n) is 5.98. The van der Waals surface area contributed by atoms with E-state index >= 15 is 0 Å². The van der Waals surface area contributed by atoms with Gasteiger partial charge in [-0.25, -0.2) is 4.57 Å². The van der Waals surface area contributed by atoms with Crippen molar-refractivity contribution in [1.29, 1.82) is 0 Å². The molecule has 1 nitrogen and oxygen atoms in total. The summed E-state index contributed by atoms with van der Waals surface area (Å²) in [6.07, 6.45) is 13.0. The molecular formula is C30H44N+. The molecule has 0 saturated heterocycles. The van der Waals surface area contributed by atoms with E-state index in [4.69, 9.17) is 0 Å². The summed E-state index contributed by atoms with van der Waals surface area (Å²) in [5, 5.41) is 0. The zero-order valence-electron chi connectivity index (χ0n) is 21.1. The van der Waals surface area contributed by atoms with E-state index < -0.39 is 0 Å². The van der Waals surface area contributed by atoms with E-state index in [-0.39, 0.29) is 0 Å². The van der Waals surface area contributed by atoms with E-state index in [2.05, 4.69) is 89.7 Å². The third kappa shape index (κ3) is 4.76. The maximum absolute atomic E-state index is 2.48. The fourth-order valence-corrected chi connectivity index (χ4v) is 5.98. The highest BCUT2D eigenvalue weighted by Crippen LogP contribution is 2.47. The molecule has 2 saturated carbocycles. The summed E-state index contributed by atoms with van der Waals surface area (Å²) in [6.45, 7) is 14.5. The summed E-state index contributed by atoms with van der Waals surface area (Å²) >= 11 is 0. The lowest BCUT2D eigenvalue weighted by molar-refractivity contribution is -0.660. The highest BCUT2D eigenvalue weighted by Gasteiger charge is 2.36. The van der Waals surface area contributed by atoms with Gasteiger partial charge in [0.25, 0.3) is 0 Å². The van der Waals surface area contributed by atoms with Gasteiger partial charge in [-0.2, -0.15) is 0 Å². The molecule has 168 valence electrons. The van der Waals surface area contributed by atoms with Crippen molar-refractivity contribution in [3.8, 4) is 11.3 Å². The van der Waals surface area contributed by atoms with Crippen molar-refractivity contribution in [2.24, 2.45) is 17.9 Å². The van der Waals surface area contributed by atoms with Gasteiger partial charge in [0.15, 0.2) is 6.20 Å². The molecular weight excluding hydrogens is 374 g/mol. The largest absolute Gasteiger partial charge is 0.212 e. The van der Waals surface area contributed by atoms with E-state index in [1.165, 1.54) is 79.3 Å². The van der Waals surface area contributed by atoms with Crippen LogP contribution in [-0.4, -0.2) is 0 Å². The van der Waals surface area contributed by atoms with E-state index in [9.17, 15) is 0 Å². The molecule has 0 atom stereocenters. The van der Waals surface area contributed by atoms with Crippen molar-refractivity contribution in [3.05, 3.63) is 53.2 Å². The van der Waals surface area contributed by atoms with Crippen LogP contribution in [0.15, 0.2) is 36.5 Å². The topological polar surface area (TPSA) is 3.88 Å². The van der Waals surface area contributed by atoms with E-state index in [1.807, 2.05) is 0 Å². The van der Waals surface area contributed by atoms with Crippen molar-refractivity contribution in [3.63, 3.8) is 0 Å². The molecule has 4 rings (SSSR count). The van der Waals surface area contributed by atoms with Gasteiger partial charge >= 0.3 is 0 Å². The van der Waals surface area contributed by atoms with Crippen LogP contribution in [0.3, 0.4) is 0 Å². The minimum atomic E-state index is 0.333. The number of hydrogen-bond acceptors (Lipinski definition) is 0. The molecule has 2 fully saturated rings. The van der Waals surface area contributed by atoms with Gasteiger partial charge < -0.3 is 0 Å². The van der Waals surface area contributed by atoms with Crippen molar-refractivity contribution < 1.29 is 4.57 Å².